The van der Waals surface area contributed by atoms with E-state index in [9.17, 15) is 0 Å². The van der Waals surface area contributed by atoms with Crippen LogP contribution in [0.25, 0.3) is 15.5 Å². The normalized spacial score (nSPS) is 10.7. The van der Waals surface area contributed by atoms with Gasteiger partial charge in [-0.3, -0.25) is 0 Å². The quantitative estimate of drug-likeness (QED) is 0.262. The molecule has 0 fully saturated rings. The lowest BCUT2D eigenvalue weighted by molar-refractivity contribution is -0.459. The molecular weight excluding hydrogens is 295 g/mol. The van der Waals surface area contributed by atoms with Crippen LogP contribution in [0.3, 0.4) is 0 Å². The van der Waals surface area contributed by atoms with E-state index in [4.69, 9.17) is 28.7 Å². The van der Waals surface area contributed by atoms with E-state index in [1.807, 2.05) is 14.1 Å². The Hall–Kier alpha value is -1.19. The Kier molecular flexibility index (Phi) is 7.48. The van der Waals surface area contributed by atoms with E-state index in [-0.39, 0.29) is 12.4 Å². The van der Waals surface area contributed by atoms with Crippen LogP contribution in [-0.2, 0) is 0 Å². The minimum Gasteiger partial charge on any atom is -1.00 e. The third kappa shape index (κ3) is 4.98. The van der Waals surface area contributed by atoms with Gasteiger partial charge in [-0.1, -0.05) is 40.4 Å². The molecule has 0 aromatic heterocycles. The van der Waals surface area contributed by atoms with Crippen molar-refractivity contribution in [3.05, 3.63) is 51.0 Å². The van der Waals surface area contributed by atoms with Crippen LogP contribution >= 0.6 is 23.2 Å². The van der Waals surface area contributed by atoms with E-state index in [0.717, 1.165) is 5.56 Å². The van der Waals surface area contributed by atoms with Gasteiger partial charge in [0.15, 0.2) is 6.21 Å². The fourth-order valence-corrected chi connectivity index (χ4v) is 1.50. The summed E-state index contributed by atoms with van der Waals surface area (Å²) in [6, 6.07) is 6.98. The van der Waals surface area contributed by atoms with Gasteiger partial charge in [0.25, 0.3) is 0 Å². The molecule has 0 aliphatic heterocycles. The van der Waals surface area contributed by atoms with Gasteiger partial charge in [-0.25, -0.2) is 4.58 Å². The van der Waals surface area contributed by atoms with Crippen LogP contribution in [0, 0.1) is 0 Å². The van der Waals surface area contributed by atoms with Crippen molar-refractivity contribution in [2.45, 2.75) is 0 Å². The fraction of sp³-hybridized carbons (Fsp3) is 0.182. The van der Waals surface area contributed by atoms with Crippen LogP contribution in [-0.4, -0.2) is 24.9 Å². The summed E-state index contributed by atoms with van der Waals surface area (Å²) in [5.74, 6) is 0. The molecule has 0 spiro atoms. The molecule has 1 rings (SSSR count). The molecule has 0 aliphatic rings. The van der Waals surface area contributed by atoms with Crippen LogP contribution in [0.5, 0.6) is 0 Å². The van der Waals surface area contributed by atoms with E-state index in [2.05, 4.69) is 10.0 Å². The molecular formula is C11H11Cl3N4. The van der Waals surface area contributed by atoms with Crippen molar-refractivity contribution in [2.24, 2.45) is 5.11 Å². The first kappa shape index (κ1) is 16.8. The summed E-state index contributed by atoms with van der Waals surface area (Å²) in [5, 5.41) is 4.57. The fourth-order valence-electron chi connectivity index (χ4n) is 1.16. The smallest absolute Gasteiger partial charge is 0.174 e. The molecule has 0 unspecified atom stereocenters. The number of azide groups is 1. The number of halogens is 3. The highest BCUT2D eigenvalue weighted by molar-refractivity contribution is 6.50. The van der Waals surface area contributed by atoms with Crippen molar-refractivity contribution in [2.75, 3.05) is 14.1 Å². The van der Waals surface area contributed by atoms with Crippen molar-refractivity contribution >= 4 is 34.4 Å². The van der Waals surface area contributed by atoms with Gasteiger partial charge in [-0.2, -0.15) is 0 Å². The van der Waals surface area contributed by atoms with Crippen LogP contribution in [0.15, 0.2) is 35.1 Å². The van der Waals surface area contributed by atoms with Crippen molar-refractivity contribution in [3.8, 4) is 0 Å². The Labute approximate surface area is 122 Å². The zero-order valence-corrected chi connectivity index (χ0v) is 12.1. The first-order valence-corrected chi connectivity index (χ1v) is 5.52. The number of rotatable bonds is 3. The molecule has 18 heavy (non-hydrogen) atoms. The molecule has 0 heterocycles. The maximum Gasteiger partial charge on any atom is 0.174 e. The summed E-state index contributed by atoms with van der Waals surface area (Å²) in [4.78, 5) is 2.75. The molecule has 0 N–H and O–H groups in total. The minimum absolute atomic E-state index is 0. The standard InChI is InChI=1S/C11H11Cl2N4.ClH/c1-17(2)7-10(15-16-14)11(13)8-3-5-9(12)6-4-8;/h3-7H,1-2H3;1H/q+1;/p-1/b11-10-;. The second-order valence-corrected chi connectivity index (χ2v) is 4.30. The van der Waals surface area contributed by atoms with Gasteiger partial charge in [0.1, 0.15) is 19.8 Å². The molecule has 0 radical (unpaired) electrons. The van der Waals surface area contributed by atoms with Crippen LogP contribution in [0.4, 0.5) is 0 Å². The summed E-state index contributed by atoms with van der Waals surface area (Å²) in [7, 11) is 3.64. The van der Waals surface area contributed by atoms with E-state index in [0.29, 0.717) is 15.8 Å². The number of nitrogens with zero attached hydrogens (tertiary/aromatic N) is 4. The van der Waals surface area contributed by atoms with E-state index in [1.165, 1.54) is 0 Å². The first-order chi connectivity index (χ1) is 8.04. The Bertz CT molecular complexity index is 510. The molecule has 0 aliphatic carbocycles. The highest BCUT2D eigenvalue weighted by Crippen LogP contribution is 2.24. The minimum atomic E-state index is 0. The van der Waals surface area contributed by atoms with Crippen LogP contribution in [0.1, 0.15) is 5.56 Å². The Balaban J connectivity index is 0.00000289. The summed E-state index contributed by atoms with van der Waals surface area (Å²) < 4.78 is 1.75. The second kappa shape index (κ2) is 8.01. The molecule has 0 saturated carbocycles. The van der Waals surface area contributed by atoms with Crippen molar-refractivity contribution in [1.82, 2.24) is 0 Å². The molecule has 1 aromatic carbocycles. The SMILES string of the molecule is C[N+](C)=C/C(N=[N+]=[N-])=C(/Cl)c1ccc(Cl)cc1.[Cl-]. The van der Waals surface area contributed by atoms with Crippen LogP contribution in [0.2, 0.25) is 5.02 Å². The zero-order chi connectivity index (χ0) is 12.8. The zero-order valence-electron chi connectivity index (χ0n) is 9.81. The third-order valence-corrected chi connectivity index (χ3v) is 2.52. The molecule has 0 bridgehead atoms. The Morgan fingerprint density at radius 1 is 1.33 bits per heavy atom. The predicted octanol–water partition coefficient (Wildman–Crippen LogP) is 0.905. The molecule has 1 aromatic rings. The van der Waals surface area contributed by atoms with Gasteiger partial charge in [0.2, 0.25) is 0 Å². The molecule has 7 heteroatoms. The van der Waals surface area contributed by atoms with Gasteiger partial charge in [0.05, 0.1) is 5.03 Å². The van der Waals surface area contributed by atoms with E-state index >= 15 is 0 Å². The first-order valence-electron chi connectivity index (χ1n) is 4.76. The van der Waals surface area contributed by atoms with Gasteiger partial charge in [-0.15, -0.1) is 0 Å². The average molecular weight is 306 g/mol. The summed E-state index contributed by atoms with van der Waals surface area (Å²) in [6.07, 6.45) is 1.65. The number of hydrogen-bond acceptors (Lipinski definition) is 1. The molecule has 0 atom stereocenters. The van der Waals surface area contributed by atoms with E-state index in [1.54, 1.807) is 35.1 Å². The molecule has 96 valence electrons. The average Bonchev–Trinajstić information content (AvgIpc) is 2.28. The lowest BCUT2D eigenvalue weighted by Crippen LogP contribution is -3.00. The number of allylic oxidation sites excluding steroid dienone is 1. The largest absolute Gasteiger partial charge is 1.00 e. The van der Waals surface area contributed by atoms with Gasteiger partial charge < -0.3 is 12.4 Å². The van der Waals surface area contributed by atoms with Crippen LogP contribution < -0.4 is 12.4 Å². The number of benzene rings is 1. The lowest BCUT2D eigenvalue weighted by atomic mass is 10.2. The highest BCUT2D eigenvalue weighted by atomic mass is 35.5. The maximum atomic E-state index is 8.50. The highest BCUT2D eigenvalue weighted by Gasteiger charge is 2.06. The van der Waals surface area contributed by atoms with Gasteiger partial charge >= 0.3 is 0 Å². The number of hydrogen-bond donors (Lipinski definition) is 0. The molecule has 4 nitrogen and oxygen atoms in total. The second-order valence-electron chi connectivity index (χ2n) is 3.49. The Morgan fingerprint density at radius 2 is 1.89 bits per heavy atom. The lowest BCUT2D eigenvalue weighted by Gasteiger charge is -2.01. The third-order valence-electron chi connectivity index (χ3n) is 1.86. The summed E-state index contributed by atoms with van der Waals surface area (Å²) in [6.45, 7) is 0. The summed E-state index contributed by atoms with van der Waals surface area (Å²) in [5.41, 5.74) is 9.60. The van der Waals surface area contributed by atoms with Crippen molar-refractivity contribution in [1.29, 1.82) is 0 Å². The maximum absolute atomic E-state index is 8.50. The monoisotopic (exact) mass is 304 g/mol. The topological polar surface area (TPSA) is 51.8 Å². The van der Waals surface area contributed by atoms with Crippen molar-refractivity contribution < 1.29 is 17.0 Å². The van der Waals surface area contributed by atoms with Crippen molar-refractivity contribution in [3.63, 3.8) is 0 Å². The van der Waals surface area contributed by atoms with Gasteiger partial charge in [0, 0.05) is 9.93 Å². The molecule has 0 amide bonds. The Morgan fingerprint density at radius 3 is 2.33 bits per heavy atom. The predicted molar refractivity (Wildman–Crippen MR) is 71.5 cm³/mol. The summed E-state index contributed by atoms with van der Waals surface area (Å²) >= 11 is 11.9. The molecule has 0 saturated heterocycles. The van der Waals surface area contributed by atoms with E-state index < -0.39 is 0 Å². The van der Waals surface area contributed by atoms with Gasteiger partial charge in [-0.05, 0) is 23.2 Å².